The summed E-state index contributed by atoms with van der Waals surface area (Å²) in [4.78, 5) is 13.9. The van der Waals surface area contributed by atoms with Gasteiger partial charge in [0.25, 0.3) is 0 Å². The lowest BCUT2D eigenvalue weighted by Gasteiger charge is -2.27. The van der Waals surface area contributed by atoms with Crippen LogP contribution in [0.1, 0.15) is 32.6 Å². The molecule has 1 amide bonds. The Morgan fingerprint density at radius 2 is 1.93 bits per heavy atom. The minimum atomic E-state index is 0.270. The van der Waals surface area contributed by atoms with Crippen molar-refractivity contribution in [2.75, 3.05) is 4.90 Å². The lowest BCUT2D eigenvalue weighted by molar-refractivity contribution is -0.118. The minimum Gasteiger partial charge on any atom is -0.310 e. The molecule has 15 heavy (non-hydrogen) atoms. The fourth-order valence-electron chi connectivity index (χ4n) is 2.20. The molecule has 0 N–H and O–H groups in total. The molecule has 0 saturated carbocycles. The van der Waals surface area contributed by atoms with Gasteiger partial charge in [-0.2, -0.15) is 0 Å². The second kappa shape index (κ2) is 4.47. The molecule has 2 nitrogen and oxygen atoms in total. The van der Waals surface area contributed by atoms with Crippen LogP contribution in [0.15, 0.2) is 30.3 Å². The Morgan fingerprint density at radius 1 is 1.20 bits per heavy atom. The van der Waals surface area contributed by atoms with E-state index in [0.717, 1.165) is 24.9 Å². The van der Waals surface area contributed by atoms with Crippen LogP contribution >= 0.6 is 0 Å². The summed E-state index contributed by atoms with van der Waals surface area (Å²) in [5.74, 6) is 0.270. The zero-order valence-electron chi connectivity index (χ0n) is 9.15. The molecule has 1 fully saturated rings. The maximum atomic E-state index is 12.0. The molecule has 2 rings (SSSR count). The molecule has 1 aliphatic rings. The molecule has 0 aliphatic carbocycles. The van der Waals surface area contributed by atoms with Crippen molar-refractivity contribution in [3.63, 3.8) is 0 Å². The van der Waals surface area contributed by atoms with Gasteiger partial charge in [0, 0.05) is 18.2 Å². The summed E-state index contributed by atoms with van der Waals surface area (Å²) in [5, 5.41) is 0. The van der Waals surface area contributed by atoms with Crippen LogP contribution in [0, 0.1) is 0 Å². The van der Waals surface area contributed by atoms with Gasteiger partial charge in [-0.3, -0.25) is 4.79 Å². The number of hydrogen-bond acceptors (Lipinski definition) is 1. The Bertz CT molecular complexity index is 334. The Kier molecular flexibility index (Phi) is 3.05. The molecule has 1 aromatic rings. The molecule has 1 unspecified atom stereocenters. The molecule has 0 aromatic heterocycles. The first-order valence-electron chi connectivity index (χ1n) is 5.66. The fourth-order valence-corrected chi connectivity index (χ4v) is 2.20. The summed E-state index contributed by atoms with van der Waals surface area (Å²) < 4.78 is 0. The third kappa shape index (κ3) is 2.20. The van der Waals surface area contributed by atoms with Gasteiger partial charge in [-0.1, -0.05) is 24.6 Å². The van der Waals surface area contributed by atoms with Gasteiger partial charge in [-0.15, -0.1) is 0 Å². The zero-order valence-corrected chi connectivity index (χ0v) is 9.15. The summed E-state index contributed by atoms with van der Waals surface area (Å²) in [5.41, 5.74) is 1.04. The van der Waals surface area contributed by atoms with Crippen LogP contribution < -0.4 is 4.90 Å². The monoisotopic (exact) mass is 203 g/mol. The molecular formula is C13H17NO. The van der Waals surface area contributed by atoms with Crippen LogP contribution in [0.4, 0.5) is 5.69 Å². The van der Waals surface area contributed by atoms with Gasteiger partial charge in [0.15, 0.2) is 0 Å². The molecule has 1 aliphatic heterocycles. The first-order chi connectivity index (χ1) is 7.29. The van der Waals surface area contributed by atoms with Crippen molar-refractivity contribution in [2.45, 2.75) is 38.6 Å². The highest BCUT2D eigenvalue weighted by Gasteiger charge is 2.23. The predicted molar refractivity (Wildman–Crippen MR) is 61.9 cm³/mol. The maximum Gasteiger partial charge on any atom is 0.227 e. The van der Waals surface area contributed by atoms with Crippen LogP contribution in [-0.4, -0.2) is 11.9 Å². The van der Waals surface area contributed by atoms with Crippen molar-refractivity contribution in [1.29, 1.82) is 0 Å². The second-order valence-electron chi connectivity index (χ2n) is 4.19. The van der Waals surface area contributed by atoms with E-state index in [-0.39, 0.29) is 5.91 Å². The number of carbonyl (C=O) groups excluding carboxylic acids is 1. The first kappa shape index (κ1) is 10.2. The molecular weight excluding hydrogens is 186 g/mol. The number of rotatable bonds is 1. The SMILES string of the molecule is CC1CCCCC(=O)N1c1ccccc1. The van der Waals surface area contributed by atoms with E-state index >= 15 is 0 Å². The molecule has 2 heteroatoms. The maximum absolute atomic E-state index is 12.0. The number of amides is 1. The van der Waals surface area contributed by atoms with E-state index < -0.39 is 0 Å². The van der Waals surface area contributed by atoms with Gasteiger partial charge in [0.05, 0.1) is 0 Å². The van der Waals surface area contributed by atoms with Gasteiger partial charge in [0.2, 0.25) is 5.91 Å². The Hall–Kier alpha value is -1.31. The number of para-hydroxylation sites is 1. The van der Waals surface area contributed by atoms with E-state index in [0.29, 0.717) is 12.5 Å². The molecule has 0 bridgehead atoms. The molecule has 1 atom stereocenters. The van der Waals surface area contributed by atoms with Gasteiger partial charge in [-0.05, 0) is 31.9 Å². The van der Waals surface area contributed by atoms with Gasteiger partial charge >= 0.3 is 0 Å². The average molecular weight is 203 g/mol. The van der Waals surface area contributed by atoms with Crippen LogP contribution in [0.5, 0.6) is 0 Å². The highest BCUT2D eigenvalue weighted by Crippen LogP contribution is 2.24. The lowest BCUT2D eigenvalue weighted by Crippen LogP contribution is -2.36. The van der Waals surface area contributed by atoms with Crippen LogP contribution in [-0.2, 0) is 4.79 Å². The van der Waals surface area contributed by atoms with Crippen LogP contribution in [0.3, 0.4) is 0 Å². The normalized spacial score (nSPS) is 22.6. The van der Waals surface area contributed by atoms with Crippen molar-refractivity contribution < 1.29 is 4.79 Å². The number of anilines is 1. The summed E-state index contributed by atoms with van der Waals surface area (Å²) >= 11 is 0. The van der Waals surface area contributed by atoms with E-state index in [1.165, 1.54) is 0 Å². The van der Waals surface area contributed by atoms with Crippen molar-refractivity contribution in [3.05, 3.63) is 30.3 Å². The standard InChI is InChI=1S/C13H17NO/c1-11-7-5-6-10-13(15)14(11)12-8-3-2-4-9-12/h2-4,8-9,11H,5-7,10H2,1H3. The van der Waals surface area contributed by atoms with Crippen LogP contribution in [0.25, 0.3) is 0 Å². The number of carbonyl (C=O) groups is 1. The van der Waals surface area contributed by atoms with E-state index in [9.17, 15) is 4.79 Å². The summed E-state index contributed by atoms with van der Waals surface area (Å²) in [6.45, 7) is 2.14. The first-order valence-corrected chi connectivity index (χ1v) is 5.66. The highest BCUT2D eigenvalue weighted by molar-refractivity contribution is 5.94. The summed E-state index contributed by atoms with van der Waals surface area (Å²) in [7, 11) is 0. The third-order valence-corrected chi connectivity index (χ3v) is 3.01. The molecule has 1 saturated heterocycles. The van der Waals surface area contributed by atoms with Crippen molar-refractivity contribution in [3.8, 4) is 0 Å². The number of hydrogen-bond donors (Lipinski definition) is 0. The quantitative estimate of drug-likeness (QED) is 0.687. The van der Waals surface area contributed by atoms with Crippen molar-refractivity contribution in [2.24, 2.45) is 0 Å². The Balaban J connectivity index is 2.28. The molecule has 80 valence electrons. The van der Waals surface area contributed by atoms with Gasteiger partial charge in [0.1, 0.15) is 0 Å². The van der Waals surface area contributed by atoms with Crippen LogP contribution in [0.2, 0.25) is 0 Å². The lowest BCUT2D eigenvalue weighted by atomic mass is 10.1. The third-order valence-electron chi connectivity index (χ3n) is 3.01. The smallest absolute Gasteiger partial charge is 0.227 e. The number of benzene rings is 1. The zero-order chi connectivity index (χ0) is 10.7. The second-order valence-corrected chi connectivity index (χ2v) is 4.19. The summed E-state index contributed by atoms with van der Waals surface area (Å²) in [6.07, 6.45) is 4.00. The number of nitrogens with zero attached hydrogens (tertiary/aromatic N) is 1. The molecule has 0 spiro atoms. The predicted octanol–water partition coefficient (Wildman–Crippen LogP) is 2.98. The van der Waals surface area contributed by atoms with Gasteiger partial charge in [-0.25, -0.2) is 0 Å². The fraction of sp³-hybridized carbons (Fsp3) is 0.462. The van der Waals surface area contributed by atoms with E-state index in [1.807, 2.05) is 35.2 Å². The Morgan fingerprint density at radius 3 is 2.67 bits per heavy atom. The largest absolute Gasteiger partial charge is 0.310 e. The summed E-state index contributed by atoms with van der Waals surface area (Å²) in [6, 6.07) is 10.3. The van der Waals surface area contributed by atoms with Crippen molar-refractivity contribution in [1.82, 2.24) is 0 Å². The highest BCUT2D eigenvalue weighted by atomic mass is 16.2. The van der Waals surface area contributed by atoms with Crippen molar-refractivity contribution >= 4 is 11.6 Å². The van der Waals surface area contributed by atoms with E-state index in [1.54, 1.807) is 0 Å². The topological polar surface area (TPSA) is 20.3 Å². The van der Waals surface area contributed by atoms with E-state index in [4.69, 9.17) is 0 Å². The molecule has 1 heterocycles. The van der Waals surface area contributed by atoms with E-state index in [2.05, 4.69) is 6.92 Å². The molecule has 1 aromatic carbocycles. The average Bonchev–Trinajstić information content (AvgIpc) is 2.41. The van der Waals surface area contributed by atoms with Gasteiger partial charge < -0.3 is 4.90 Å². The Labute approximate surface area is 90.9 Å². The molecule has 0 radical (unpaired) electrons. The minimum absolute atomic E-state index is 0.270.